The molecule has 2 aliphatic carbocycles. The summed E-state index contributed by atoms with van der Waals surface area (Å²) < 4.78 is 52.9. The summed E-state index contributed by atoms with van der Waals surface area (Å²) in [5.74, 6) is -2.54. The predicted octanol–water partition coefficient (Wildman–Crippen LogP) is 4.09. The Balaban J connectivity index is 2.39. The molecular weight excluding hydrogens is 272 g/mol. The molecule has 3 unspecified atom stereocenters. The maximum atomic E-state index is 13.8. The van der Waals surface area contributed by atoms with Crippen molar-refractivity contribution >= 4 is 6.29 Å². The second-order valence-electron chi connectivity index (χ2n) is 4.97. The number of rotatable bonds is 2. The molecule has 1 nitrogen and oxygen atoms in total. The van der Waals surface area contributed by atoms with Gasteiger partial charge in [-0.2, -0.15) is 13.2 Å². The molecule has 3 atom stereocenters. The van der Waals surface area contributed by atoms with Gasteiger partial charge in [0.2, 0.25) is 0 Å². The molecule has 0 saturated carbocycles. The highest BCUT2D eigenvalue weighted by Crippen LogP contribution is 2.42. The van der Waals surface area contributed by atoms with E-state index in [-0.39, 0.29) is 17.6 Å². The fraction of sp³-hybridized carbons (Fsp3) is 0.400. The fourth-order valence-corrected chi connectivity index (χ4v) is 2.53. The molecule has 0 bridgehead atoms. The Morgan fingerprint density at radius 1 is 1.30 bits per heavy atom. The van der Waals surface area contributed by atoms with E-state index in [0.717, 1.165) is 6.08 Å². The van der Waals surface area contributed by atoms with Gasteiger partial charge in [-0.1, -0.05) is 24.3 Å². The van der Waals surface area contributed by atoms with Crippen LogP contribution in [0.5, 0.6) is 0 Å². The number of halogens is 4. The average Bonchev–Trinajstić information content (AvgIpc) is 2.40. The minimum atomic E-state index is -4.37. The van der Waals surface area contributed by atoms with Crippen molar-refractivity contribution in [3.63, 3.8) is 0 Å². The van der Waals surface area contributed by atoms with Gasteiger partial charge in [-0.25, -0.2) is 4.39 Å². The molecule has 0 fully saturated rings. The van der Waals surface area contributed by atoms with Gasteiger partial charge in [0.15, 0.2) is 0 Å². The molecule has 0 amide bonds. The monoisotopic (exact) mass is 286 g/mol. The lowest BCUT2D eigenvalue weighted by Crippen LogP contribution is -2.28. The summed E-state index contributed by atoms with van der Waals surface area (Å²) in [6, 6.07) is 0. The largest absolute Gasteiger partial charge is 0.396 e. The highest BCUT2D eigenvalue weighted by atomic mass is 19.4. The van der Waals surface area contributed by atoms with Gasteiger partial charge in [0, 0.05) is 0 Å². The highest BCUT2D eigenvalue weighted by molar-refractivity contribution is 5.63. The third kappa shape index (κ3) is 2.76. The third-order valence-corrected chi connectivity index (χ3v) is 3.58. The normalized spacial score (nSPS) is 30.4. The lowest BCUT2D eigenvalue weighted by molar-refractivity contribution is -0.162. The maximum absolute atomic E-state index is 13.8. The van der Waals surface area contributed by atoms with Crippen LogP contribution in [0.1, 0.15) is 13.3 Å². The molecule has 20 heavy (non-hydrogen) atoms. The topological polar surface area (TPSA) is 17.1 Å². The zero-order valence-corrected chi connectivity index (χ0v) is 10.8. The quantitative estimate of drug-likeness (QED) is 0.552. The van der Waals surface area contributed by atoms with Crippen LogP contribution in [-0.2, 0) is 4.79 Å². The number of hydrogen-bond acceptors (Lipinski definition) is 1. The number of alkyl halides is 4. The van der Waals surface area contributed by atoms with Crippen molar-refractivity contribution in [2.75, 3.05) is 0 Å². The molecule has 0 aromatic carbocycles. The van der Waals surface area contributed by atoms with Gasteiger partial charge >= 0.3 is 6.18 Å². The van der Waals surface area contributed by atoms with Crippen LogP contribution in [0.4, 0.5) is 17.6 Å². The molecule has 0 N–H and O–H groups in total. The lowest BCUT2D eigenvalue weighted by atomic mass is 9.79. The summed E-state index contributed by atoms with van der Waals surface area (Å²) in [7, 11) is 0. The van der Waals surface area contributed by atoms with Crippen molar-refractivity contribution < 1.29 is 22.4 Å². The van der Waals surface area contributed by atoms with Crippen LogP contribution < -0.4 is 0 Å². The predicted molar refractivity (Wildman–Crippen MR) is 67.7 cm³/mol. The third-order valence-electron chi connectivity index (χ3n) is 3.58. The van der Waals surface area contributed by atoms with Crippen molar-refractivity contribution in [1.29, 1.82) is 0 Å². The summed E-state index contributed by atoms with van der Waals surface area (Å²) in [6.07, 6.45) is 1.26. The Labute approximate surface area is 114 Å². The van der Waals surface area contributed by atoms with Gasteiger partial charge in [0.25, 0.3) is 0 Å². The summed E-state index contributed by atoms with van der Waals surface area (Å²) in [5.41, 5.74) is 0.829. The summed E-state index contributed by atoms with van der Waals surface area (Å²) in [5, 5.41) is 0. The molecule has 108 valence electrons. The first-order valence-corrected chi connectivity index (χ1v) is 6.28. The molecule has 0 aromatic rings. The molecule has 0 aliphatic heterocycles. The van der Waals surface area contributed by atoms with E-state index in [4.69, 9.17) is 0 Å². The van der Waals surface area contributed by atoms with Crippen LogP contribution >= 0.6 is 0 Å². The molecule has 5 heteroatoms. The van der Waals surface area contributed by atoms with Crippen LogP contribution in [-0.4, -0.2) is 18.6 Å². The van der Waals surface area contributed by atoms with Crippen molar-refractivity contribution in [1.82, 2.24) is 0 Å². The Hall–Kier alpha value is -1.65. The summed E-state index contributed by atoms with van der Waals surface area (Å²) in [4.78, 5) is 10.7. The van der Waals surface area contributed by atoms with E-state index in [2.05, 4.69) is 0 Å². The first kappa shape index (κ1) is 14.8. The molecule has 0 saturated heterocycles. The smallest absolute Gasteiger partial charge is 0.303 e. The standard InChI is InChI=1S/C15H14F4O/c1-9-6-10(8-20)14(16)7-12(9)11-4-2-3-5-13(11)15(17,18)19/h2-4,6-8,10,13-14H,5H2,1H3. The molecule has 2 aliphatic rings. The molecule has 0 aromatic heterocycles. The van der Waals surface area contributed by atoms with Crippen molar-refractivity contribution in [2.24, 2.45) is 11.8 Å². The summed E-state index contributed by atoms with van der Waals surface area (Å²) >= 11 is 0. The Bertz CT molecular complexity index is 522. The maximum Gasteiger partial charge on any atom is 0.396 e. The number of aldehydes is 1. The van der Waals surface area contributed by atoms with Crippen LogP contribution in [0, 0.1) is 11.8 Å². The molecule has 0 heterocycles. The van der Waals surface area contributed by atoms with Crippen LogP contribution in [0.2, 0.25) is 0 Å². The van der Waals surface area contributed by atoms with Crippen molar-refractivity contribution in [3.05, 3.63) is 47.1 Å². The molecular formula is C15H14F4O. The first-order chi connectivity index (χ1) is 9.34. The Morgan fingerprint density at radius 2 is 2.00 bits per heavy atom. The molecule has 0 spiro atoms. The summed E-state index contributed by atoms with van der Waals surface area (Å²) in [6.45, 7) is 1.60. The second kappa shape index (κ2) is 5.38. The average molecular weight is 286 g/mol. The number of allylic oxidation sites excluding steroid dienone is 8. The lowest BCUT2D eigenvalue weighted by Gasteiger charge is -2.29. The molecule has 0 radical (unpaired) electrons. The Morgan fingerprint density at radius 3 is 2.60 bits per heavy atom. The first-order valence-electron chi connectivity index (χ1n) is 6.28. The molecule has 2 rings (SSSR count). The zero-order chi connectivity index (χ0) is 14.9. The van der Waals surface area contributed by atoms with Gasteiger partial charge in [-0.05, 0) is 36.1 Å². The van der Waals surface area contributed by atoms with Crippen LogP contribution in [0.3, 0.4) is 0 Å². The van der Waals surface area contributed by atoms with Gasteiger partial charge in [-0.15, -0.1) is 0 Å². The number of hydrogen-bond donors (Lipinski definition) is 0. The van der Waals surface area contributed by atoms with E-state index in [1.54, 1.807) is 13.0 Å². The number of carbonyl (C=O) groups is 1. The van der Waals surface area contributed by atoms with E-state index in [1.165, 1.54) is 18.2 Å². The van der Waals surface area contributed by atoms with E-state index >= 15 is 0 Å². The highest BCUT2D eigenvalue weighted by Gasteiger charge is 2.43. The fourth-order valence-electron chi connectivity index (χ4n) is 2.53. The second-order valence-corrected chi connectivity index (χ2v) is 4.97. The van der Waals surface area contributed by atoms with E-state index in [0.29, 0.717) is 11.9 Å². The van der Waals surface area contributed by atoms with Crippen LogP contribution in [0.25, 0.3) is 0 Å². The van der Waals surface area contributed by atoms with E-state index in [1.807, 2.05) is 0 Å². The van der Waals surface area contributed by atoms with E-state index < -0.39 is 24.2 Å². The minimum Gasteiger partial charge on any atom is -0.303 e. The minimum absolute atomic E-state index is 0.0701. The van der Waals surface area contributed by atoms with Gasteiger partial charge in [0.1, 0.15) is 12.5 Å². The SMILES string of the molecule is CC1=CC(C=O)C(F)C=C1C1=CC=CCC1C(F)(F)F. The van der Waals surface area contributed by atoms with Gasteiger partial charge < -0.3 is 4.79 Å². The van der Waals surface area contributed by atoms with E-state index in [9.17, 15) is 22.4 Å². The number of carbonyl (C=O) groups excluding carboxylic acids is 1. The Kier molecular flexibility index (Phi) is 3.97. The van der Waals surface area contributed by atoms with Gasteiger partial charge in [-0.3, -0.25) is 0 Å². The van der Waals surface area contributed by atoms with Gasteiger partial charge in [0.05, 0.1) is 11.8 Å². The zero-order valence-electron chi connectivity index (χ0n) is 10.8. The van der Waals surface area contributed by atoms with Crippen LogP contribution in [0.15, 0.2) is 47.1 Å². The van der Waals surface area contributed by atoms with Crippen molar-refractivity contribution in [3.8, 4) is 0 Å². The van der Waals surface area contributed by atoms with Crippen molar-refractivity contribution in [2.45, 2.75) is 25.7 Å².